The minimum absolute atomic E-state index is 0.791. The molecule has 5 nitrogen and oxygen atoms in total. The van der Waals surface area contributed by atoms with Crippen molar-refractivity contribution in [1.82, 2.24) is 4.90 Å². The molecular weight excluding hydrogens is 410 g/mol. The molecule has 0 saturated carbocycles. The number of nitrogens with zero attached hydrogens (tertiary/aromatic N) is 3. The van der Waals surface area contributed by atoms with Crippen LogP contribution in [0, 0.1) is 0 Å². The van der Waals surface area contributed by atoms with Crippen molar-refractivity contribution >= 4 is 23.1 Å². The summed E-state index contributed by atoms with van der Waals surface area (Å²) in [5.41, 5.74) is 7.14. The van der Waals surface area contributed by atoms with Crippen LogP contribution in [-0.4, -0.2) is 58.9 Å². The summed E-state index contributed by atoms with van der Waals surface area (Å²) in [6.45, 7) is 5.28. The highest BCUT2D eigenvalue weighted by atomic mass is 16.5. The zero-order valence-electron chi connectivity index (χ0n) is 19.6. The van der Waals surface area contributed by atoms with Crippen LogP contribution in [0.1, 0.15) is 5.56 Å². The molecule has 33 heavy (non-hydrogen) atoms. The van der Waals surface area contributed by atoms with Gasteiger partial charge in [0.2, 0.25) is 0 Å². The molecule has 2 aliphatic heterocycles. The van der Waals surface area contributed by atoms with E-state index in [0.29, 0.717) is 0 Å². The first-order chi connectivity index (χ1) is 16.2. The predicted octanol–water partition coefficient (Wildman–Crippen LogP) is 5.29. The van der Waals surface area contributed by atoms with Gasteiger partial charge in [-0.15, -0.1) is 0 Å². The molecule has 0 atom stereocenters. The van der Waals surface area contributed by atoms with Gasteiger partial charge in [-0.25, -0.2) is 0 Å². The fourth-order valence-corrected chi connectivity index (χ4v) is 4.67. The molecule has 0 spiro atoms. The Hall–Kier alpha value is -3.44. The van der Waals surface area contributed by atoms with E-state index < -0.39 is 0 Å². The van der Waals surface area contributed by atoms with E-state index in [9.17, 15) is 0 Å². The largest absolute Gasteiger partial charge is 0.497 e. The lowest BCUT2D eigenvalue weighted by Gasteiger charge is -2.34. The van der Waals surface area contributed by atoms with E-state index in [1.807, 2.05) is 12.1 Å². The van der Waals surface area contributed by atoms with E-state index in [1.54, 1.807) is 14.2 Å². The molecule has 0 aromatic heterocycles. The molecule has 0 N–H and O–H groups in total. The fraction of sp³-hybridized carbons (Fsp3) is 0.286. The first-order valence-electron chi connectivity index (χ1n) is 11.5. The number of ether oxygens (including phenoxy) is 2. The van der Waals surface area contributed by atoms with Crippen LogP contribution in [0.25, 0.3) is 17.2 Å². The number of benzene rings is 3. The standard InChI is InChI=1S/C28H31N3O2/c1-29-15-17-30(18-16-29)23-7-9-24(10-8-23)31-14-4-5-22-19-21(6-13-27(22)31)26-12-11-25(32-2)20-28(26)33-3/h4-13,19-20H,14-18H2,1-3H3. The van der Waals surface area contributed by atoms with Gasteiger partial charge in [0.1, 0.15) is 11.5 Å². The van der Waals surface area contributed by atoms with E-state index in [4.69, 9.17) is 9.47 Å². The number of likely N-dealkylation sites (N-methyl/N-ethyl adjacent to an activating group) is 1. The molecule has 0 bridgehead atoms. The maximum atomic E-state index is 5.63. The smallest absolute Gasteiger partial charge is 0.130 e. The third-order valence-electron chi connectivity index (χ3n) is 6.65. The van der Waals surface area contributed by atoms with Gasteiger partial charge in [-0.2, -0.15) is 0 Å². The first kappa shape index (κ1) is 21.4. The summed E-state index contributed by atoms with van der Waals surface area (Å²) in [5.74, 6) is 1.60. The third kappa shape index (κ3) is 4.29. The SMILES string of the molecule is COc1ccc(-c2ccc3c(c2)C=CCN3c2ccc(N3CCN(C)CC3)cc2)c(OC)c1. The molecule has 3 aromatic rings. The lowest BCUT2D eigenvalue weighted by Crippen LogP contribution is -2.44. The van der Waals surface area contributed by atoms with E-state index in [2.05, 4.69) is 82.4 Å². The van der Waals surface area contributed by atoms with Crippen molar-refractivity contribution in [1.29, 1.82) is 0 Å². The minimum atomic E-state index is 0.791. The van der Waals surface area contributed by atoms with Gasteiger partial charge in [0.15, 0.2) is 0 Å². The molecule has 0 amide bonds. The molecule has 0 unspecified atom stereocenters. The minimum Gasteiger partial charge on any atom is -0.497 e. The van der Waals surface area contributed by atoms with Crippen molar-refractivity contribution in [2.45, 2.75) is 0 Å². The lowest BCUT2D eigenvalue weighted by atomic mass is 9.98. The summed E-state index contributed by atoms with van der Waals surface area (Å²) < 4.78 is 11.0. The fourth-order valence-electron chi connectivity index (χ4n) is 4.67. The number of hydrogen-bond donors (Lipinski definition) is 0. The monoisotopic (exact) mass is 441 g/mol. The summed E-state index contributed by atoms with van der Waals surface area (Å²) in [5, 5.41) is 0. The van der Waals surface area contributed by atoms with Crippen molar-refractivity contribution in [3.8, 4) is 22.6 Å². The van der Waals surface area contributed by atoms with Gasteiger partial charge in [0.05, 0.1) is 14.2 Å². The van der Waals surface area contributed by atoms with E-state index in [0.717, 1.165) is 55.3 Å². The third-order valence-corrected chi connectivity index (χ3v) is 6.65. The van der Waals surface area contributed by atoms with Crippen LogP contribution in [0.2, 0.25) is 0 Å². The summed E-state index contributed by atoms with van der Waals surface area (Å²) in [6.07, 6.45) is 4.44. The van der Waals surface area contributed by atoms with Crippen LogP contribution in [-0.2, 0) is 0 Å². The highest BCUT2D eigenvalue weighted by Crippen LogP contribution is 2.39. The topological polar surface area (TPSA) is 28.2 Å². The second-order valence-corrected chi connectivity index (χ2v) is 8.66. The normalized spacial score (nSPS) is 16.0. The molecule has 1 fully saturated rings. The number of anilines is 3. The van der Waals surface area contributed by atoms with Gasteiger partial charge in [-0.1, -0.05) is 18.2 Å². The molecule has 0 radical (unpaired) electrons. The van der Waals surface area contributed by atoms with Crippen LogP contribution >= 0.6 is 0 Å². The van der Waals surface area contributed by atoms with Gasteiger partial charge < -0.3 is 24.2 Å². The Labute approximate surface area is 196 Å². The van der Waals surface area contributed by atoms with Crippen molar-refractivity contribution in [3.05, 3.63) is 72.3 Å². The molecular formula is C28H31N3O2. The van der Waals surface area contributed by atoms with Crippen molar-refractivity contribution in [2.75, 3.05) is 63.8 Å². The Balaban J connectivity index is 1.41. The van der Waals surface area contributed by atoms with Crippen molar-refractivity contribution in [2.24, 2.45) is 0 Å². The zero-order valence-corrected chi connectivity index (χ0v) is 19.6. The average Bonchev–Trinajstić information content (AvgIpc) is 2.88. The summed E-state index contributed by atoms with van der Waals surface area (Å²) in [7, 11) is 5.56. The van der Waals surface area contributed by atoms with E-state index in [-0.39, 0.29) is 0 Å². The maximum Gasteiger partial charge on any atom is 0.130 e. The van der Waals surface area contributed by atoms with Crippen LogP contribution in [0.5, 0.6) is 11.5 Å². The zero-order chi connectivity index (χ0) is 22.8. The summed E-state index contributed by atoms with van der Waals surface area (Å²) in [6, 6.07) is 21.6. The maximum absolute atomic E-state index is 5.63. The number of rotatable bonds is 5. The van der Waals surface area contributed by atoms with Crippen molar-refractivity contribution in [3.63, 3.8) is 0 Å². The Morgan fingerprint density at radius 3 is 2.24 bits per heavy atom. The molecule has 1 saturated heterocycles. The molecule has 2 aliphatic rings. The van der Waals surface area contributed by atoms with Gasteiger partial charge in [0, 0.05) is 61.4 Å². The molecule has 3 aromatic carbocycles. The number of methoxy groups -OCH3 is 2. The number of piperazine rings is 1. The van der Waals surface area contributed by atoms with Crippen LogP contribution in [0.15, 0.2) is 66.7 Å². The van der Waals surface area contributed by atoms with Gasteiger partial charge >= 0.3 is 0 Å². The van der Waals surface area contributed by atoms with E-state index >= 15 is 0 Å². The van der Waals surface area contributed by atoms with Gasteiger partial charge in [0.25, 0.3) is 0 Å². The highest BCUT2D eigenvalue weighted by Gasteiger charge is 2.18. The lowest BCUT2D eigenvalue weighted by molar-refractivity contribution is 0.313. The van der Waals surface area contributed by atoms with Crippen LogP contribution < -0.4 is 19.3 Å². The predicted molar refractivity (Wildman–Crippen MR) is 137 cm³/mol. The molecule has 2 heterocycles. The Bertz CT molecular complexity index is 1150. The average molecular weight is 442 g/mol. The second kappa shape index (κ2) is 9.20. The quantitative estimate of drug-likeness (QED) is 0.537. The van der Waals surface area contributed by atoms with Crippen molar-refractivity contribution < 1.29 is 9.47 Å². The molecule has 170 valence electrons. The first-order valence-corrected chi connectivity index (χ1v) is 11.5. The highest BCUT2D eigenvalue weighted by molar-refractivity contribution is 5.83. The van der Waals surface area contributed by atoms with Crippen LogP contribution in [0.3, 0.4) is 0 Å². The summed E-state index contributed by atoms with van der Waals surface area (Å²) >= 11 is 0. The van der Waals surface area contributed by atoms with Crippen LogP contribution in [0.4, 0.5) is 17.1 Å². The van der Waals surface area contributed by atoms with E-state index in [1.165, 1.54) is 22.6 Å². The second-order valence-electron chi connectivity index (χ2n) is 8.66. The molecule has 5 heteroatoms. The number of fused-ring (bicyclic) bond motifs is 1. The Morgan fingerprint density at radius 1 is 0.758 bits per heavy atom. The van der Waals surface area contributed by atoms with Gasteiger partial charge in [-0.3, -0.25) is 0 Å². The Morgan fingerprint density at radius 2 is 1.52 bits per heavy atom. The molecule has 0 aliphatic carbocycles. The Kier molecular flexibility index (Phi) is 5.97. The van der Waals surface area contributed by atoms with Gasteiger partial charge in [-0.05, 0) is 66.7 Å². The summed E-state index contributed by atoms with van der Waals surface area (Å²) in [4.78, 5) is 7.23. The molecule has 5 rings (SSSR count). The number of hydrogen-bond acceptors (Lipinski definition) is 5.